The monoisotopic (exact) mass is 323 g/mol. The van der Waals surface area contributed by atoms with E-state index in [4.69, 9.17) is 27.6 Å². The van der Waals surface area contributed by atoms with Crippen LogP contribution < -0.4 is 0 Å². The number of carbonyl (C=O) groups is 1. The molecule has 1 heterocycles. The highest BCUT2D eigenvalue weighted by atomic mass is 35.5. The Labute approximate surface area is 133 Å². The van der Waals surface area contributed by atoms with Gasteiger partial charge in [0.05, 0.1) is 12.3 Å². The molecular formula is C16H15Cl2NO2. The summed E-state index contributed by atoms with van der Waals surface area (Å²) in [5.74, 6) is 0.717. The quantitative estimate of drug-likeness (QED) is 0.797. The molecule has 1 aromatic heterocycles. The van der Waals surface area contributed by atoms with Crippen molar-refractivity contribution in [3.8, 4) is 0 Å². The van der Waals surface area contributed by atoms with E-state index in [0.717, 1.165) is 18.6 Å². The second-order valence-electron chi connectivity index (χ2n) is 5.29. The molecule has 3 rings (SSSR count). The van der Waals surface area contributed by atoms with E-state index in [2.05, 4.69) is 0 Å². The van der Waals surface area contributed by atoms with Crippen LogP contribution in [0.1, 0.15) is 41.9 Å². The smallest absolute Gasteiger partial charge is 0.254 e. The minimum atomic E-state index is -0.113. The molecule has 1 atom stereocenters. The fraction of sp³-hybridized carbons (Fsp3) is 0.312. The summed E-state index contributed by atoms with van der Waals surface area (Å²) < 4.78 is 5.44. The van der Waals surface area contributed by atoms with Gasteiger partial charge in [0.2, 0.25) is 0 Å². The number of hydrogen-bond acceptors (Lipinski definition) is 2. The van der Waals surface area contributed by atoms with Crippen molar-refractivity contribution in [2.45, 2.75) is 31.8 Å². The maximum Gasteiger partial charge on any atom is 0.254 e. The van der Waals surface area contributed by atoms with Gasteiger partial charge in [-0.3, -0.25) is 4.79 Å². The van der Waals surface area contributed by atoms with Crippen LogP contribution in [0, 0.1) is 0 Å². The van der Waals surface area contributed by atoms with E-state index in [-0.39, 0.29) is 18.0 Å². The minimum absolute atomic E-state index is 0.0641. The molecule has 1 fully saturated rings. The van der Waals surface area contributed by atoms with Gasteiger partial charge < -0.3 is 9.32 Å². The predicted octanol–water partition coefficient (Wildman–Crippen LogP) is 4.95. The fourth-order valence-corrected chi connectivity index (χ4v) is 3.03. The summed E-state index contributed by atoms with van der Waals surface area (Å²) in [6.45, 7) is 1.97. The first-order valence-corrected chi connectivity index (χ1v) is 7.64. The number of halogens is 2. The number of furan rings is 1. The molecular weight excluding hydrogens is 309 g/mol. The maximum absolute atomic E-state index is 12.8. The SMILES string of the molecule is C[C@@H](c1ccco1)N(C(=O)c1cc(Cl)cc(Cl)c1)C1CC1. The molecule has 0 unspecified atom stereocenters. The van der Waals surface area contributed by atoms with Gasteiger partial charge in [-0.1, -0.05) is 23.2 Å². The molecule has 0 aliphatic heterocycles. The lowest BCUT2D eigenvalue weighted by atomic mass is 10.1. The van der Waals surface area contributed by atoms with Gasteiger partial charge in [-0.2, -0.15) is 0 Å². The minimum Gasteiger partial charge on any atom is -0.467 e. The van der Waals surface area contributed by atoms with Crippen molar-refractivity contribution >= 4 is 29.1 Å². The zero-order valence-corrected chi connectivity index (χ0v) is 13.1. The molecule has 0 N–H and O–H groups in total. The Kier molecular flexibility index (Phi) is 3.96. The van der Waals surface area contributed by atoms with Crippen LogP contribution >= 0.6 is 23.2 Å². The molecule has 5 heteroatoms. The van der Waals surface area contributed by atoms with E-state index in [1.807, 2.05) is 24.0 Å². The van der Waals surface area contributed by atoms with Crippen molar-refractivity contribution < 1.29 is 9.21 Å². The number of hydrogen-bond donors (Lipinski definition) is 0. The Bertz CT molecular complexity index is 630. The maximum atomic E-state index is 12.8. The third kappa shape index (κ3) is 3.09. The second kappa shape index (κ2) is 5.74. The van der Waals surface area contributed by atoms with Gasteiger partial charge >= 0.3 is 0 Å². The first-order valence-electron chi connectivity index (χ1n) is 6.88. The zero-order chi connectivity index (χ0) is 15.0. The molecule has 1 amide bonds. The fourth-order valence-electron chi connectivity index (χ4n) is 2.50. The van der Waals surface area contributed by atoms with Crippen LogP contribution in [0.3, 0.4) is 0 Å². The van der Waals surface area contributed by atoms with E-state index in [1.54, 1.807) is 24.5 Å². The molecule has 0 saturated heterocycles. The average molecular weight is 324 g/mol. The first-order chi connectivity index (χ1) is 10.1. The molecule has 110 valence electrons. The first kappa shape index (κ1) is 14.5. The van der Waals surface area contributed by atoms with Gasteiger partial charge in [0.1, 0.15) is 5.76 Å². The van der Waals surface area contributed by atoms with Crippen molar-refractivity contribution in [1.82, 2.24) is 4.90 Å². The van der Waals surface area contributed by atoms with Gasteiger partial charge in [0.15, 0.2) is 0 Å². The van der Waals surface area contributed by atoms with E-state index >= 15 is 0 Å². The van der Waals surface area contributed by atoms with Crippen LogP contribution in [0.4, 0.5) is 0 Å². The van der Waals surface area contributed by atoms with Gasteiger partial charge in [-0.05, 0) is 50.1 Å². The van der Waals surface area contributed by atoms with E-state index in [1.165, 1.54) is 0 Å². The summed E-state index contributed by atoms with van der Waals surface area (Å²) in [6, 6.07) is 8.79. The van der Waals surface area contributed by atoms with E-state index in [0.29, 0.717) is 15.6 Å². The highest BCUT2D eigenvalue weighted by molar-refractivity contribution is 6.35. The number of nitrogens with zero attached hydrogens (tertiary/aromatic N) is 1. The molecule has 1 saturated carbocycles. The highest BCUT2D eigenvalue weighted by Crippen LogP contribution is 2.36. The Morgan fingerprint density at radius 3 is 2.48 bits per heavy atom. The van der Waals surface area contributed by atoms with Crippen LogP contribution in [0.15, 0.2) is 41.0 Å². The van der Waals surface area contributed by atoms with Crippen molar-refractivity contribution in [3.63, 3.8) is 0 Å². The Morgan fingerprint density at radius 2 is 1.95 bits per heavy atom. The van der Waals surface area contributed by atoms with Gasteiger partial charge in [0, 0.05) is 21.7 Å². The standard InChI is InChI=1S/C16H15Cl2NO2/c1-10(15-3-2-6-21-15)19(14-4-5-14)16(20)11-7-12(17)9-13(18)8-11/h2-3,6-10,14H,4-5H2,1H3/t10-/m0/s1. The van der Waals surface area contributed by atoms with Crippen molar-refractivity contribution in [1.29, 1.82) is 0 Å². The topological polar surface area (TPSA) is 33.5 Å². The van der Waals surface area contributed by atoms with Crippen LogP contribution in [-0.2, 0) is 0 Å². The summed E-state index contributed by atoms with van der Waals surface area (Å²) in [5, 5.41) is 0.930. The lowest BCUT2D eigenvalue weighted by Gasteiger charge is -2.28. The summed E-state index contributed by atoms with van der Waals surface area (Å²) >= 11 is 12.0. The van der Waals surface area contributed by atoms with Gasteiger partial charge in [0.25, 0.3) is 5.91 Å². The Balaban J connectivity index is 1.92. The van der Waals surface area contributed by atoms with Crippen LogP contribution in [0.2, 0.25) is 10.0 Å². The molecule has 21 heavy (non-hydrogen) atoms. The van der Waals surface area contributed by atoms with Crippen LogP contribution in [0.25, 0.3) is 0 Å². The third-order valence-electron chi connectivity index (χ3n) is 3.66. The molecule has 1 aliphatic rings. The molecule has 1 aromatic carbocycles. The van der Waals surface area contributed by atoms with Crippen LogP contribution in [0.5, 0.6) is 0 Å². The normalized spacial score (nSPS) is 15.8. The van der Waals surface area contributed by atoms with Gasteiger partial charge in [-0.15, -0.1) is 0 Å². The summed E-state index contributed by atoms with van der Waals surface area (Å²) in [6.07, 6.45) is 3.66. The largest absolute Gasteiger partial charge is 0.467 e. The molecule has 1 aliphatic carbocycles. The summed E-state index contributed by atoms with van der Waals surface area (Å²) in [4.78, 5) is 14.7. The average Bonchev–Trinajstić information content (AvgIpc) is 3.10. The number of amides is 1. The molecule has 3 nitrogen and oxygen atoms in total. The molecule has 0 bridgehead atoms. The van der Waals surface area contributed by atoms with Crippen molar-refractivity contribution in [3.05, 3.63) is 58.0 Å². The second-order valence-corrected chi connectivity index (χ2v) is 6.17. The highest BCUT2D eigenvalue weighted by Gasteiger charge is 2.37. The zero-order valence-electron chi connectivity index (χ0n) is 11.6. The van der Waals surface area contributed by atoms with Crippen molar-refractivity contribution in [2.75, 3.05) is 0 Å². The summed E-state index contributed by atoms with van der Waals surface area (Å²) in [7, 11) is 0. The molecule has 2 aromatic rings. The van der Waals surface area contributed by atoms with E-state index < -0.39 is 0 Å². The molecule has 0 spiro atoms. The van der Waals surface area contributed by atoms with Crippen LogP contribution in [-0.4, -0.2) is 16.8 Å². The lowest BCUT2D eigenvalue weighted by molar-refractivity contribution is 0.0652. The number of carbonyl (C=O) groups excluding carboxylic acids is 1. The van der Waals surface area contributed by atoms with Crippen molar-refractivity contribution in [2.24, 2.45) is 0 Å². The third-order valence-corrected chi connectivity index (χ3v) is 4.09. The summed E-state index contributed by atoms with van der Waals surface area (Å²) in [5.41, 5.74) is 0.512. The Hall–Kier alpha value is -1.45. The van der Waals surface area contributed by atoms with Gasteiger partial charge in [-0.25, -0.2) is 0 Å². The number of benzene rings is 1. The lowest BCUT2D eigenvalue weighted by Crippen LogP contribution is -2.35. The predicted molar refractivity (Wildman–Crippen MR) is 82.8 cm³/mol. The Morgan fingerprint density at radius 1 is 1.29 bits per heavy atom. The van der Waals surface area contributed by atoms with E-state index in [9.17, 15) is 4.79 Å². The number of rotatable bonds is 4. The molecule has 0 radical (unpaired) electrons.